The van der Waals surface area contributed by atoms with Gasteiger partial charge in [-0.15, -0.1) is 0 Å². The molecule has 1 saturated carbocycles. The molecule has 0 spiro atoms. The normalized spacial score (nSPS) is 20.4. The monoisotopic (exact) mass is 467 g/mol. The average Bonchev–Trinajstić information content (AvgIpc) is 3.63. The van der Waals surface area contributed by atoms with Crippen LogP contribution in [0.15, 0.2) is 73.3 Å². The van der Waals surface area contributed by atoms with Crippen molar-refractivity contribution >= 4 is 22.7 Å². The third-order valence-electron chi connectivity index (χ3n) is 7.56. The van der Waals surface area contributed by atoms with E-state index in [4.69, 9.17) is 0 Å². The third-order valence-corrected chi connectivity index (χ3v) is 7.56. The molecular formula is C28H29N5O2. The maximum absolute atomic E-state index is 14.4. The van der Waals surface area contributed by atoms with E-state index in [0.29, 0.717) is 18.8 Å². The molecule has 7 heteroatoms. The highest BCUT2D eigenvalue weighted by atomic mass is 16.2. The third kappa shape index (κ3) is 3.53. The molecule has 1 aliphatic heterocycles. The molecule has 1 N–H and O–H groups in total. The first-order valence-corrected chi connectivity index (χ1v) is 12.3. The molecule has 1 fully saturated rings. The molecule has 35 heavy (non-hydrogen) atoms. The van der Waals surface area contributed by atoms with Crippen LogP contribution in [-0.4, -0.2) is 42.4 Å². The van der Waals surface area contributed by atoms with Crippen molar-refractivity contribution in [2.24, 2.45) is 0 Å². The Morgan fingerprint density at radius 2 is 1.86 bits per heavy atom. The fourth-order valence-corrected chi connectivity index (χ4v) is 5.68. The van der Waals surface area contributed by atoms with Gasteiger partial charge in [-0.3, -0.25) is 14.6 Å². The number of carbonyl (C=O) groups excluding carboxylic acids is 2. The molecule has 0 bridgehead atoms. The summed E-state index contributed by atoms with van der Waals surface area (Å²) < 4.78 is 4.04. The predicted octanol–water partition coefficient (Wildman–Crippen LogP) is 4.30. The number of nitrogens with one attached hydrogen (secondary N) is 1. The van der Waals surface area contributed by atoms with Crippen molar-refractivity contribution in [3.05, 3.63) is 84.6 Å². The van der Waals surface area contributed by atoms with E-state index in [9.17, 15) is 9.59 Å². The summed E-state index contributed by atoms with van der Waals surface area (Å²) in [5.74, 6) is -0.239. The predicted molar refractivity (Wildman–Crippen MR) is 134 cm³/mol. The fourth-order valence-electron chi connectivity index (χ4n) is 5.68. The van der Waals surface area contributed by atoms with Gasteiger partial charge in [0.1, 0.15) is 11.2 Å². The summed E-state index contributed by atoms with van der Waals surface area (Å²) in [4.78, 5) is 34.2. The molecule has 178 valence electrons. The summed E-state index contributed by atoms with van der Waals surface area (Å²) in [6.45, 7) is 2.60. The van der Waals surface area contributed by atoms with Crippen LogP contribution in [0.25, 0.3) is 16.6 Å². The molecule has 1 aliphatic carbocycles. The van der Waals surface area contributed by atoms with Gasteiger partial charge in [0.05, 0.1) is 17.7 Å². The van der Waals surface area contributed by atoms with Crippen LogP contribution in [0, 0.1) is 0 Å². The van der Waals surface area contributed by atoms with E-state index in [1.165, 1.54) is 0 Å². The number of nitrogens with zero attached hydrogens (tertiary/aromatic N) is 4. The molecule has 0 radical (unpaired) electrons. The number of fused-ring (bicyclic) bond motifs is 3. The number of carbonyl (C=O) groups is 2. The van der Waals surface area contributed by atoms with E-state index < -0.39 is 5.54 Å². The van der Waals surface area contributed by atoms with Gasteiger partial charge in [0.25, 0.3) is 5.91 Å². The molecule has 4 aromatic rings. The maximum atomic E-state index is 14.4. The molecule has 1 aromatic carbocycles. The summed E-state index contributed by atoms with van der Waals surface area (Å²) in [6.07, 6.45) is 11.7. The smallest absolute Gasteiger partial charge is 0.273 e. The Bertz CT molecular complexity index is 1390. The van der Waals surface area contributed by atoms with Gasteiger partial charge in [-0.2, -0.15) is 0 Å². The van der Waals surface area contributed by atoms with Crippen LogP contribution in [0.3, 0.4) is 0 Å². The second-order valence-corrected chi connectivity index (χ2v) is 9.87. The molecule has 0 saturated heterocycles. The van der Waals surface area contributed by atoms with Gasteiger partial charge in [-0.25, -0.2) is 0 Å². The number of pyridine rings is 1. The highest BCUT2D eigenvalue weighted by Crippen LogP contribution is 2.38. The fraction of sp³-hybridized carbons (Fsp3) is 0.321. The molecule has 1 atom stereocenters. The lowest BCUT2D eigenvalue weighted by Gasteiger charge is -2.44. The second kappa shape index (κ2) is 8.41. The minimum atomic E-state index is -1.04. The van der Waals surface area contributed by atoms with Gasteiger partial charge >= 0.3 is 0 Å². The summed E-state index contributed by atoms with van der Waals surface area (Å²) in [7, 11) is 0. The first-order chi connectivity index (χ1) is 17.1. The first-order valence-electron chi connectivity index (χ1n) is 12.3. The van der Waals surface area contributed by atoms with Crippen molar-refractivity contribution in [2.45, 2.75) is 57.3 Å². The summed E-state index contributed by atoms with van der Waals surface area (Å²) >= 11 is 0. The van der Waals surface area contributed by atoms with Gasteiger partial charge in [0, 0.05) is 42.8 Å². The van der Waals surface area contributed by atoms with Crippen LogP contribution >= 0.6 is 0 Å². The van der Waals surface area contributed by atoms with Crippen LogP contribution in [-0.2, 0) is 17.9 Å². The van der Waals surface area contributed by atoms with Crippen molar-refractivity contribution < 1.29 is 9.59 Å². The Hall–Kier alpha value is -3.87. The minimum Gasteiger partial charge on any atom is -0.351 e. The number of aromatic nitrogens is 3. The van der Waals surface area contributed by atoms with Crippen LogP contribution in [0.2, 0.25) is 0 Å². The highest BCUT2D eigenvalue weighted by Gasteiger charge is 2.49. The van der Waals surface area contributed by atoms with Crippen molar-refractivity contribution in [3.63, 3.8) is 0 Å². The Morgan fingerprint density at radius 3 is 2.60 bits per heavy atom. The van der Waals surface area contributed by atoms with Crippen molar-refractivity contribution in [2.75, 3.05) is 0 Å². The quantitative estimate of drug-likeness (QED) is 0.476. The van der Waals surface area contributed by atoms with Gasteiger partial charge in [0.15, 0.2) is 0 Å². The first kappa shape index (κ1) is 21.6. The van der Waals surface area contributed by atoms with Gasteiger partial charge in [-0.05, 0) is 49.6 Å². The van der Waals surface area contributed by atoms with Gasteiger partial charge in [-0.1, -0.05) is 37.1 Å². The number of amides is 2. The standard InChI is InChI=1S/C28H29N5O2/c1-28(27(35)30-21-10-2-3-11-21)19-32-23-13-5-4-12-22(23)24(31-15-6-7-16-31)25(32)26(34)33(28)18-20-9-8-14-29-17-20/h4-9,12-17,21H,2-3,10-11,18-19H2,1H3,(H,30,35)/t28-/m1/s1. The zero-order valence-corrected chi connectivity index (χ0v) is 19.9. The van der Waals surface area contributed by atoms with Crippen molar-refractivity contribution in [3.8, 4) is 5.69 Å². The van der Waals surface area contributed by atoms with Gasteiger partial charge in [0.2, 0.25) is 5.91 Å². The molecule has 2 amide bonds. The van der Waals surface area contributed by atoms with Crippen LogP contribution in [0.5, 0.6) is 0 Å². The van der Waals surface area contributed by atoms with Crippen LogP contribution in [0.4, 0.5) is 0 Å². The summed E-state index contributed by atoms with van der Waals surface area (Å²) in [5, 5.41) is 4.27. The lowest BCUT2D eigenvalue weighted by atomic mass is 9.93. The number of benzene rings is 1. The molecular weight excluding hydrogens is 438 g/mol. The minimum absolute atomic E-state index is 0.0902. The Balaban J connectivity index is 1.51. The van der Waals surface area contributed by atoms with E-state index in [-0.39, 0.29) is 17.9 Å². The zero-order valence-electron chi connectivity index (χ0n) is 19.9. The summed E-state index contributed by atoms with van der Waals surface area (Å²) in [5.41, 5.74) is 2.27. The second-order valence-electron chi connectivity index (χ2n) is 9.87. The zero-order chi connectivity index (χ0) is 24.0. The van der Waals surface area contributed by atoms with Crippen molar-refractivity contribution in [1.82, 2.24) is 24.3 Å². The molecule has 2 aliphatic rings. The lowest BCUT2D eigenvalue weighted by Crippen LogP contribution is -2.64. The van der Waals surface area contributed by atoms with Gasteiger partial charge < -0.3 is 19.4 Å². The van der Waals surface area contributed by atoms with E-state index >= 15 is 0 Å². The molecule has 6 rings (SSSR count). The molecule has 3 aromatic heterocycles. The van der Waals surface area contributed by atoms with E-state index in [1.807, 2.05) is 77.0 Å². The van der Waals surface area contributed by atoms with Crippen molar-refractivity contribution in [1.29, 1.82) is 0 Å². The average molecular weight is 468 g/mol. The Morgan fingerprint density at radius 1 is 1.09 bits per heavy atom. The molecule has 0 unspecified atom stereocenters. The number of hydrogen-bond acceptors (Lipinski definition) is 3. The van der Waals surface area contributed by atoms with E-state index in [2.05, 4.69) is 10.3 Å². The SMILES string of the molecule is C[C@]1(C(=O)NC2CCCC2)Cn2c(c(-n3cccc3)c3ccccc32)C(=O)N1Cc1cccnc1. The number of hydrogen-bond donors (Lipinski definition) is 1. The Labute approximate surface area is 204 Å². The summed E-state index contributed by atoms with van der Waals surface area (Å²) in [6, 6.07) is 16.0. The van der Waals surface area contributed by atoms with Crippen LogP contribution < -0.4 is 5.32 Å². The Kier molecular flexibility index (Phi) is 5.20. The maximum Gasteiger partial charge on any atom is 0.273 e. The highest BCUT2D eigenvalue weighted by molar-refractivity contribution is 6.08. The lowest BCUT2D eigenvalue weighted by molar-refractivity contribution is -0.133. The molecule has 4 heterocycles. The van der Waals surface area contributed by atoms with E-state index in [1.54, 1.807) is 17.3 Å². The topological polar surface area (TPSA) is 72.2 Å². The largest absolute Gasteiger partial charge is 0.351 e. The molecule has 7 nitrogen and oxygen atoms in total. The van der Waals surface area contributed by atoms with E-state index in [0.717, 1.165) is 47.8 Å². The van der Waals surface area contributed by atoms with Crippen LogP contribution in [0.1, 0.15) is 48.7 Å². The number of rotatable bonds is 5. The number of para-hydroxylation sites is 1.